The fraction of sp³-hybridized carbons (Fsp3) is 0.0667. The molecule has 4 heteroatoms. The maximum absolute atomic E-state index is 13.3. The molecule has 0 fully saturated rings. The van der Waals surface area contributed by atoms with Gasteiger partial charge in [-0.15, -0.1) is 13.2 Å². The van der Waals surface area contributed by atoms with Gasteiger partial charge in [0.1, 0.15) is 0 Å². The van der Waals surface area contributed by atoms with Crippen LogP contribution < -0.4 is 0 Å². The molecule has 0 amide bonds. The van der Waals surface area contributed by atoms with Crippen molar-refractivity contribution in [3.05, 3.63) is 60.7 Å². The van der Waals surface area contributed by atoms with Gasteiger partial charge in [-0.05, 0) is 17.7 Å². The molecule has 1 nitrogen and oxygen atoms in total. The van der Waals surface area contributed by atoms with Crippen LogP contribution in [0.5, 0.6) is 0 Å². The van der Waals surface area contributed by atoms with E-state index in [4.69, 9.17) is 0 Å². The number of para-hydroxylation sites is 1. The van der Waals surface area contributed by atoms with E-state index in [0.717, 1.165) is 0 Å². The highest BCUT2D eigenvalue weighted by atomic mass is 19.4. The van der Waals surface area contributed by atoms with Gasteiger partial charge in [0, 0.05) is 5.39 Å². The molecule has 0 aliphatic carbocycles. The lowest BCUT2D eigenvalue weighted by molar-refractivity contribution is -0.199. The summed E-state index contributed by atoms with van der Waals surface area (Å²) in [6, 6.07) is 16.7. The third-order valence-electron chi connectivity index (χ3n) is 3.03. The molecule has 0 saturated heterocycles. The van der Waals surface area contributed by atoms with Crippen molar-refractivity contribution in [3.63, 3.8) is 0 Å². The Morgan fingerprint density at radius 3 is 2.11 bits per heavy atom. The van der Waals surface area contributed by atoms with Crippen LogP contribution in [0.25, 0.3) is 22.2 Å². The Morgan fingerprint density at radius 1 is 0.789 bits per heavy atom. The van der Waals surface area contributed by atoms with E-state index in [0.29, 0.717) is 15.5 Å². The summed E-state index contributed by atoms with van der Waals surface area (Å²) in [5, 5.41) is 0.582. The van der Waals surface area contributed by atoms with Crippen LogP contribution in [-0.2, 0) is 6.30 Å². The van der Waals surface area contributed by atoms with Gasteiger partial charge >= 0.3 is 6.30 Å². The molecule has 0 saturated carbocycles. The molecule has 0 aliphatic heterocycles. The van der Waals surface area contributed by atoms with Crippen LogP contribution in [0.15, 0.2) is 60.7 Å². The number of fused-ring (bicyclic) bond motifs is 1. The maximum Gasteiger partial charge on any atom is 0.489 e. The van der Waals surface area contributed by atoms with Crippen LogP contribution in [0.2, 0.25) is 0 Å². The molecule has 0 unspecified atom stereocenters. The van der Waals surface area contributed by atoms with E-state index in [1.165, 1.54) is 6.07 Å². The molecule has 19 heavy (non-hydrogen) atoms. The molecular weight excluding hydrogens is 251 g/mol. The summed E-state index contributed by atoms with van der Waals surface area (Å²) in [5.41, 5.74) is 0.888. The molecule has 0 N–H and O–H groups in total. The standard InChI is InChI=1S/C15H10F3N/c16-15(17,18)19-13-9-5-4-8-12(13)10-14(19)11-6-2-1-3-7-11/h1-10H. The zero-order valence-corrected chi connectivity index (χ0v) is 9.85. The minimum Gasteiger partial charge on any atom is -0.252 e. The molecule has 96 valence electrons. The van der Waals surface area contributed by atoms with Crippen LogP contribution >= 0.6 is 0 Å². The third kappa shape index (κ3) is 1.99. The minimum atomic E-state index is -4.44. The predicted octanol–water partition coefficient (Wildman–Crippen LogP) is 4.78. The number of aromatic nitrogens is 1. The lowest BCUT2D eigenvalue weighted by Crippen LogP contribution is -2.17. The number of hydrogen-bond acceptors (Lipinski definition) is 0. The predicted molar refractivity (Wildman–Crippen MR) is 68.7 cm³/mol. The van der Waals surface area contributed by atoms with Crippen molar-refractivity contribution in [1.82, 2.24) is 4.57 Å². The van der Waals surface area contributed by atoms with Gasteiger partial charge in [-0.2, -0.15) is 0 Å². The fourth-order valence-electron chi connectivity index (χ4n) is 2.25. The quantitative estimate of drug-likeness (QED) is 0.593. The van der Waals surface area contributed by atoms with E-state index < -0.39 is 6.30 Å². The summed E-state index contributed by atoms with van der Waals surface area (Å²) in [5.74, 6) is 0. The molecule has 0 aliphatic rings. The second-order valence-corrected chi connectivity index (χ2v) is 4.26. The zero-order valence-electron chi connectivity index (χ0n) is 9.85. The topological polar surface area (TPSA) is 4.93 Å². The minimum absolute atomic E-state index is 0.161. The van der Waals surface area contributed by atoms with Gasteiger partial charge in [-0.25, -0.2) is 0 Å². The molecule has 0 bridgehead atoms. The lowest BCUT2D eigenvalue weighted by atomic mass is 10.1. The van der Waals surface area contributed by atoms with Crippen LogP contribution in [-0.4, -0.2) is 4.57 Å². The van der Waals surface area contributed by atoms with Gasteiger partial charge in [0.2, 0.25) is 0 Å². The number of nitrogens with zero attached hydrogens (tertiary/aromatic N) is 1. The Hall–Kier alpha value is -2.23. The molecule has 0 spiro atoms. The fourth-order valence-corrected chi connectivity index (χ4v) is 2.25. The first-order valence-corrected chi connectivity index (χ1v) is 5.80. The van der Waals surface area contributed by atoms with E-state index in [9.17, 15) is 13.2 Å². The molecule has 0 radical (unpaired) electrons. The van der Waals surface area contributed by atoms with E-state index in [1.54, 1.807) is 54.6 Å². The average molecular weight is 261 g/mol. The van der Waals surface area contributed by atoms with Gasteiger partial charge in [-0.1, -0.05) is 48.5 Å². The van der Waals surface area contributed by atoms with Crippen molar-refractivity contribution in [2.75, 3.05) is 0 Å². The number of alkyl halides is 3. The van der Waals surface area contributed by atoms with E-state index in [1.807, 2.05) is 0 Å². The Morgan fingerprint density at radius 2 is 1.42 bits per heavy atom. The smallest absolute Gasteiger partial charge is 0.252 e. The first kappa shape index (κ1) is 11.8. The van der Waals surface area contributed by atoms with E-state index in [2.05, 4.69) is 0 Å². The highest BCUT2D eigenvalue weighted by Gasteiger charge is 2.34. The second-order valence-electron chi connectivity index (χ2n) is 4.26. The largest absolute Gasteiger partial charge is 0.489 e. The molecular formula is C15H10F3N. The summed E-state index contributed by atoms with van der Waals surface area (Å²) in [7, 11) is 0. The summed E-state index contributed by atoms with van der Waals surface area (Å²) >= 11 is 0. The van der Waals surface area contributed by atoms with Crippen LogP contribution in [0.3, 0.4) is 0 Å². The molecule has 2 aromatic carbocycles. The Labute approximate surface area is 107 Å². The number of halogens is 3. The van der Waals surface area contributed by atoms with Crippen molar-refractivity contribution in [2.45, 2.75) is 6.30 Å². The van der Waals surface area contributed by atoms with Gasteiger partial charge in [0.25, 0.3) is 0 Å². The van der Waals surface area contributed by atoms with E-state index >= 15 is 0 Å². The van der Waals surface area contributed by atoms with Gasteiger partial charge in [-0.3, -0.25) is 4.57 Å². The molecule has 1 heterocycles. The van der Waals surface area contributed by atoms with Crippen LogP contribution in [0.1, 0.15) is 0 Å². The number of benzene rings is 2. The maximum atomic E-state index is 13.3. The number of hydrogen-bond donors (Lipinski definition) is 0. The SMILES string of the molecule is FC(F)(F)n1c(-c2ccccc2)cc2ccccc21. The summed E-state index contributed by atoms with van der Waals surface area (Å²) in [4.78, 5) is 0. The summed E-state index contributed by atoms with van der Waals surface area (Å²) in [6.07, 6.45) is -4.44. The van der Waals surface area contributed by atoms with Crippen molar-refractivity contribution >= 4 is 10.9 Å². The molecule has 3 rings (SSSR count). The third-order valence-corrected chi connectivity index (χ3v) is 3.03. The second kappa shape index (κ2) is 4.16. The van der Waals surface area contributed by atoms with Crippen molar-refractivity contribution in [2.24, 2.45) is 0 Å². The highest BCUT2D eigenvalue weighted by Crippen LogP contribution is 2.36. The molecule has 1 aromatic heterocycles. The Kier molecular flexibility index (Phi) is 2.59. The lowest BCUT2D eigenvalue weighted by Gasteiger charge is -2.14. The van der Waals surface area contributed by atoms with E-state index in [-0.39, 0.29) is 11.2 Å². The number of rotatable bonds is 1. The molecule has 3 aromatic rings. The van der Waals surface area contributed by atoms with Crippen LogP contribution in [0.4, 0.5) is 13.2 Å². The first-order valence-electron chi connectivity index (χ1n) is 5.80. The van der Waals surface area contributed by atoms with Crippen molar-refractivity contribution in [1.29, 1.82) is 0 Å². The van der Waals surface area contributed by atoms with Crippen LogP contribution in [0, 0.1) is 0 Å². The molecule has 0 atom stereocenters. The monoisotopic (exact) mass is 261 g/mol. The average Bonchev–Trinajstić information content (AvgIpc) is 2.79. The highest BCUT2D eigenvalue weighted by molar-refractivity contribution is 5.87. The normalized spacial score (nSPS) is 11.9. The van der Waals surface area contributed by atoms with Gasteiger partial charge in [0.05, 0.1) is 11.2 Å². The van der Waals surface area contributed by atoms with Crippen molar-refractivity contribution < 1.29 is 13.2 Å². The Balaban J connectivity index is 2.36. The first-order chi connectivity index (χ1) is 9.07. The summed E-state index contributed by atoms with van der Waals surface area (Å²) in [6.45, 7) is 0. The van der Waals surface area contributed by atoms with Gasteiger partial charge in [0.15, 0.2) is 0 Å². The Bertz CT molecular complexity index is 711. The zero-order chi connectivity index (χ0) is 13.5. The van der Waals surface area contributed by atoms with Gasteiger partial charge < -0.3 is 0 Å². The van der Waals surface area contributed by atoms with Crippen molar-refractivity contribution in [3.8, 4) is 11.3 Å². The summed E-state index contributed by atoms with van der Waals surface area (Å²) < 4.78 is 40.2.